The van der Waals surface area contributed by atoms with Crippen LogP contribution in [0.3, 0.4) is 0 Å². The third-order valence-electron chi connectivity index (χ3n) is 2.60. The average molecular weight is 348 g/mol. The monoisotopic (exact) mass is 347 g/mol. The number of nitrogens with zero attached hydrogens (tertiary/aromatic N) is 2. The van der Waals surface area contributed by atoms with E-state index in [1.54, 1.807) is 6.07 Å². The van der Waals surface area contributed by atoms with E-state index >= 15 is 0 Å². The van der Waals surface area contributed by atoms with Gasteiger partial charge in [-0.15, -0.1) is 0 Å². The zero-order valence-electron chi connectivity index (χ0n) is 10.7. The normalized spacial score (nSPS) is 10.5. The molecule has 0 spiro atoms. The van der Waals surface area contributed by atoms with E-state index in [4.69, 9.17) is 0 Å². The van der Waals surface area contributed by atoms with Gasteiger partial charge < -0.3 is 0 Å². The number of carbonyl (C=O) groups is 1. The molecule has 21 heavy (non-hydrogen) atoms. The first-order valence-corrected chi connectivity index (χ1v) is 6.69. The molecule has 0 aliphatic heterocycles. The van der Waals surface area contributed by atoms with Crippen molar-refractivity contribution in [1.29, 1.82) is 0 Å². The van der Waals surface area contributed by atoms with E-state index in [9.17, 15) is 14.9 Å². The van der Waals surface area contributed by atoms with E-state index in [2.05, 4.69) is 26.5 Å². The fourth-order valence-corrected chi connectivity index (χ4v) is 1.86. The van der Waals surface area contributed by atoms with Crippen LogP contribution in [0.2, 0.25) is 0 Å². The standard InChI is InChI=1S/C14H10BrN3O3/c15-11-7-5-10(6-8-11)9-16-17-14(19)12-3-1-2-4-13(12)18(20)21/h1-9H,(H,17,19). The Labute approximate surface area is 128 Å². The molecule has 0 unspecified atom stereocenters. The lowest BCUT2D eigenvalue weighted by atomic mass is 10.2. The summed E-state index contributed by atoms with van der Waals surface area (Å²) in [6.07, 6.45) is 1.46. The highest BCUT2D eigenvalue weighted by molar-refractivity contribution is 9.10. The predicted octanol–water partition coefficient (Wildman–Crippen LogP) is 3.12. The van der Waals surface area contributed by atoms with Crippen molar-refractivity contribution in [3.05, 3.63) is 74.2 Å². The summed E-state index contributed by atoms with van der Waals surface area (Å²) in [6.45, 7) is 0. The predicted molar refractivity (Wildman–Crippen MR) is 82.3 cm³/mol. The Morgan fingerprint density at radius 3 is 2.52 bits per heavy atom. The van der Waals surface area contributed by atoms with Crippen LogP contribution in [0.4, 0.5) is 5.69 Å². The molecule has 106 valence electrons. The second kappa shape index (κ2) is 6.76. The second-order valence-corrected chi connectivity index (χ2v) is 4.94. The van der Waals surface area contributed by atoms with Crippen LogP contribution in [0.1, 0.15) is 15.9 Å². The van der Waals surface area contributed by atoms with Crippen molar-refractivity contribution in [3.63, 3.8) is 0 Å². The number of hydrogen-bond acceptors (Lipinski definition) is 4. The van der Waals surface area contributed by atoms with Crippen molar-refractivity contribution in [2.24, 2.45) is 5.10 Å². The number of nitrogens with one attached hydrogen (secondary N) is 1. The highest BCUT2D eigenvalue weighted by Gasteiger charge is 2.18. The van der Waals surface area contributed by atoms with Crippen LogP contribution in [-0.2, 0) is 0 Å². The highest BCUT2D eigenvalue weighted by Crippen LogP contribution is 2.17. The largest absolute Gasteiger partial charge is 0.282 e. The van der Waals surface area contributed by atoms with E-state index in [0.29, 0.717) is 0 Å². The molecular weight excluding hydrogens is 338 g/mol. The molecule has 0 fully saturated rings. The molecule has 0 radical (unpaired) electrons. The fourth-order valence-electron chi connectivity index (χ4n) is 1.60. The third kappa shape index (κ3) is 3.96. The number of amides is 1. The first-order chi connectivity index (χ1) is 10.1. The van der Waals surface area contributed by atoms with Gasteiger partial charge in [0.05, 0.1) is 11.1 Å². The van der Waals surface area contributed by atoms with Gasteiger partial charge in [0.25, 0.3) is 11.6 Å². The maximum Gasteiger partial charge on any atom is 0.282 e. The van der Waals surface area contributed by atoms with Crippen LogP contribution in [0, 0.1) is 10.1 Å². The number of benzene rings is 2. The van der Waals surface area contributed by atoms with Crippen LogP contribution < -0.4 is 5.43 Å². The quantitative estimate of drug-likeness (QED) is 0.523. The molecule has 1 amide bonds. The molecule has 0 atom stereocenters. The zero-order valence-corrected chi connectivity index (χ0v) is 12.3. The Kier molecular flexibility index (Phi) is 4.78. The van der Waals surface area contributed by atoms with Gasteiger partial charge in [-0.2, -0.15) is 5.10 Å². The molecule has 2 aromatic rings. The molecule has 0 heterocycles. The summed E-state index contributed by atoms with van der Waals surface area (Å²) < 4.78 is 0.934. The van der Waals surface area contributed by atoms with Crippen molar-refractivity contribution in [2.75, 3.05) is 0 Å². The van der Waals surface area contributed by atoms with Gasteiger partial charge in [0, 0.05) is 10.5 Å². The molecule has 7 heteroatoms. The molecule has 0 saturated carbocycles. The smallest absolute Gasteiger partial charge is 0.267 e. The Bertz CT molecular complexity index is 699. The van der Waals surface area contributed by atoms with Gasteiger partial charge in [0.15, 0.2) is 0 Å². The molecule has 6 nitrogen and oxygen atoms in total. The maximum absolute atomic E-state index is 11.9. The number of halogens is 1. The van der Waals surface area contributed by atoms with E-state index in [0.717, 1.165) is 10.0 Å². The van der Waals surface area contributed by atoms with E-state index < -0.39 is 10.8 Å². The summed E-state index contributed by atoms with van der Waals surface area (Å²) >= 11 is 3.31. The fraction of sp³-hybridized carbons (Fsp3) is 0. The number of carbonyl (C=O) groups excluding carboxylic acids is 1. The third-order valence-corrected chi connectivity index (χ3v) is 3.12. The van der Waals surface area contributed by atoms with Gasteiger partial charge in [0.1, 0.15) is 5.56 Å². The van der Waals surface area contributed by atoms with Crippen molar-refractivity contribution >= 4 is 33.7 Å². The highest BCUT2D eigenvalue weighted by atomic mass is 79.9. The molecule has 2 aromatic carbocycles. The van der Waals surface area contributed by atoms with Crippen LogP contribution in [0.5, 0.6) is 0 Å². The molecule has 0 aliphatic rings. The minimum Gasteiger partial charge on any atom is -0.267 e. The number of para-hydroxylation sites is 1. The number of rotatable bonds is 4. The summed E-state index contributed by atoms with van der Waals surface area (Å²) in [6, 6.07) is 13.0. The zero-order chi connectivity index (χ0) is 15.2. The van der Waals surface area contributed by atoms with Gasteiger partial charge in [-0.25, -0.2) is 5.43 Å². The van der Waals surface area contributed by atoms with Gasteiger partial charge in [0.2, 0.25) is 0 Å². The summed E-state index contributed by atoms with van der Waals surface area (Å²) in [7, 11) is 0. The minimum atomic E-state index is -0.629. The summed E-state index contributed by atoms with van der Waals surface area (Å²) in [5.74, 6) is -0.629. The van der Waals surface area contributed by atoms with Gasteiger partial charge in [-0.3, -0.25) is 14.9 Å². The molecule has 0 saturated heterocycles. The van der Waals surface area contributed by atoms with Crippen molar-refractivity contribution < 1.29 is 9.72 Å². The van der Waals surface area contributed by atoms with Crippen LogP contribution in [0.15, 0.2) is 58.1 Å². The van der Waals surface area contributed by atoms with Crippen LogP contribution in [-0.4, -0.2) is 17.0 Å². The Morgan fingerprint density at radius 2 is 1.86 bits per heavy atom. The van der Waals surface area contributed by atoms with E-state index in [-0.39, 0.29) is 11.3 Å². The molecule has 2 rings (SSSR count). The lowest BCUT2D eigenvalue weighted by molar-refractivity contribution is -0.385. The number of nitro groups is 1. The van der Waals surface area contributed by atoms with E-state index in [1.165, 1.54) is 24.4 Å². The summed E-state index contributed by atoms with van der Waals surface area (Å²) in [5, 5.41) is 14.6. The van der Waals surface area contributed by atoms with Crippen LogP contribution >= 0.6 is 15.9 Å². The Hall–Kier alpha value is -2.54. The lowest BCUT2D eigenvalue weighted by Gasteiger charge is -2.01. The minimum absolute atomic E-state index is 0.0320. The van der Waals surface area contributed by atoms with Crippen molar-refractivity contribution in [1.82, 2.24) is 5.43 Å². The first-order valence-electron chi connectivity index (χ1n) is 5.90. The van der Waals surface area contributed by atoms with Crippen LogP contribution in [0.25, 0.3) is 0 Å². The number of nitro benzene ring substituents is 1. The molecular formula is C14H10BrN3O3. The van der Waals surface area contributed by atoms with Gasteiger partial charge >= 0.3 is 0 Å². The maximum atomic E-state index is 11.9. The molecule has 0 bridgehead atoms. The summed E-state index contributed by atoms with van der Waals surface area (Å²) in [5.41, 5.74) is 2.78. The van der Waals surface area contributed by atoms with Gasteiger partial charge in [-0.05, 0) is 23.8 Å². The molecule has 0 aromatic heterocycles. The second-order valence-electron chi connectivity index (χ2n) is 4.02. The molecule has 0 aliphatic carbocycles. The first kappa shape index (κ1) is 14.9. The van der Waals surface area contributed by atoms with Crippen molar-refractivity contribution in [3.8, 4) is 0 Å². The number of hydrazone groups is 1. The SMILES string of the molecule is O=C(NN=Cc1ccc(Br)cc1)c1ccccc1[N+](=O)[O-]. The lowest BCUT2D eigenvalue weighted by Crippen LogP contribution is -2.18. The Morgan fingerprint density at radius 1 is 1.19 bits per heavy atom. The number of hydrogen-bond donors (Lipinski definition) is 1. The Balaban J connectivity index is 2.08. The van der Waals surface area contributed by atoms with E-state index in [1.807, 2.05) is 24.3 Å². The summed E-state index contributed by atoms with van der Waals surface area (Å²) in [4.78, 5) is 22.1. The topological polar surface area (TPSA) is 84.6 Å². The van der Waals surface area contributed by atoms with Crippen molar-refractivity contribution in [2.45, 2.75) is 0 Å². The van der Waals surface area contributed by atoms with Gasteiger partial charge in [-0.1, -0.05) is 40.2 Å². The molecule has 1 N–H and O–H groups in total. The average Bonchev–Trinajstić information content (AvgIpc) is 2.49.